The summed E-state index contributed by atoms with van der Waals surface area (Å²) in [5.41, 5.74) is -0.467. The number of rotatable bonds is 6. The Hall–Kier alpha value is -2.68. The van der Waals surface area contributed by atoms with E-state index in [0.717, 1.165) is 34.5 Å². The van der Waals surface area contributed by atoms with E-state index in [2.05, 4.69) is 5.32 Å². The van der Waals surface area contributed by atoms with Crippen LogP contribution in [0.15, 0.2) is 36.4 Å². The Bertz CT molecular complexity index is 959. The second kappa shape index (κ2) is 8.22. The third kappa shape index (κ3) is 3.86. The van der Waals surface area contributed by atoms with Crippen molar-refractivity contribution in [3.8, 4) is 5.75 Å². The van der Waals surface area contributed by atoms with E-state index in [1.165, 1.54) is 4.90 Å². The number of nitrogens with one attached hydrogen (secondary N) is 2. The zero-order valence-electron chi connectivity index (χ0n) is 17.3. The minimum atomic E-state index is -1.17. The lowest BCUT2D eigenvalue weighted by Gasteiger charge is -2.27. The van der Waals surface area contributed by atoms with Crippen LogP contribution in [-0.2, 0) is 15.1 Å². The first-order valence-corrected chi connectivity index (χ1v) is 10.2. The molecule has 2 aromatic rings. The van der Waals surface area contributed by atoms with Gasteiger partial charge in [-0.25, -0.2) is 4.79 Å². The molecule has 2 aliphatic heterocycles. The SMILES string of the molecule is COc1ccc2cc([C@@]3(C)NC(=O)N(C[C@H](O)C[NH+]4CCOCC4)C3=O)ccc2c1. The van der Waals surface area contributed by atoms with Gasteiger partial charge in [-0.05, 0) is 41.5 Å². The number of carbonyl (C=O) groups excluding carboxylic acids is 2. The van der Waals surface area contributed by atoms with Crippen molar-refractivity contribution in [1.29, 1.82) is 0 Å². The second-order valence-electron chi connectivity index (χ2n) is 8.12. The monoisotopic (exact) mass is 414 g/mol. The van der Waals surface area contributed by atoms with E-state index < -0.39 is 17.7 Å². The van der Waals surface area contributed by atoms with E-state index in [-0.39, 0.29) is 12.5 Å². The van der Waals surface area contributed by atoms with Gasteiger partial charge in [0.15, 0.2) is 0 Å². The summed E-state index contributed by atoms with van der Waals surface area (Å²) in [7, 11) is 1.62. The number of nitrogens with zero attached hydrogens (tertiary/aromatic N) is 1. The number of hydrogen-bond donors (Lipinski definition) is 3. The number of methoxy groups -OCH3 is 1. The molecule has 2 aliphatic rings. The number of fused-ring (bicyclic) bond motifs is 1. The van der Waals surface area contributed by atoms with Crippen molar-refractivity contribution >= 4 is 22.7 Å². The molecular formula is C22H28N3O5+. The number of β-amino-alcohol motifs (C(OH)–C–C–N with tert-alkyl or cyclic N) is 1. The number of aliphatic hydroxyl groups is 1. The smallest absolute Gasteiger partial charge is 0.325 e. The maximum absolute atomic E-state index is 13.2. The number of amides is 3. The van der Waals surface area contributed by atoms with Crippen molar-refractivity contribution in [2.45, 2.75) is 18.6 Å². The highest BCUT2D eigenvalue weighted by Gasteiger charge is 2.49. The number of imide groups is 1. The summed E-state index contributed by atoms with van der Waals surface area (Å²) in [4.78, 5) is 28.1. The average Bonchev–Trinajstić information content (AvgIpc) is 2.97. The molecule has 8 heteroatoms. The Balaban J connectivity index is 1.51. The van der Waals surface area contributed by atoms with E-state index in [9.17, 15) is 14.7 Å². The first-order chi connectivity index (χ1) is 14.4. The first-order valence-electron chi connectivity index (χ1n) is 10.2. The average molecular weight is 414 g/mol. The van der Waals surface area contributed by atoms with Crippen LogP contribution in [0.5, 0.6) is 5.75 Å². The minimum absolute atomic E-state index is 0.0185. The molecule has 2 aromatic carbocycles. The van der Waals surface area contributed by atoms with Gasteiger partial charge >= 0.3 is 6.03 Å². The number of urea groups is 1. The normalized spacial score (nSPS) is 23.6. The van der Waals surface area contributed by atoms with Crippen LogP contribution in [0.3, 0.4) is 0 Å². The highest BCUT2D eigenvalue weighted by molar-refractivity contribution is 6.07. The number of hydrogen-bond acceptors (Lipinski definition) is 5. The minimum Gasteiger partial charge on any atom is -0.497 e. The molecule has 0 bridgehead atoms. The zero-order chi connectivity index (χ0) is 21.3. The molecule has 0 radical (unpaired) electrons. The maximum Gasteiger partial charge on any atom is 0.325 e. The molecule has 8 nitrogen and oxygen atoms in total. The van der Waals surface area contributed by atoms with E-state index in [1.807, 2.05) is 36.4 Å². The lowest BCUT2D eigenvalue weighted by atomic mass is 9.90. The van der Waals surface area contributed by atoms with Gasteiger partial charge in [-0.3, -0.25) is 9.69 Å². The van der Waals surface area contributed by atoms with Crippen molar-refractivity contribution in [3.63, 3.8) is 0 Å². The quantitative estimate of drug-likeness (QED) is 0.574. The van der Waals surface area contributed by atoms with Crippen molar-refractivity contribution in [1.82, 2.24) is 10.2 Å². The van der Waals surface area contributed by atoms with E-state index >= 15 is 0 Å². The highest BCUT2D eigenvalue weighted by Crippen LogP contribution is 2.32. The van der Waals surface area contributed by atoms with E-state index in [4.69, 9.17) is 9.47 Å². The number of ether oxygens (including phenoxy) is 2. The van der Waals surface area contributed by atoms with E-state index in [0.29, 0.717) is 25.3 Å². The van der Waals surface area contributed by atoms with Gasteiger partial charge in [-0.15, -0.1) is 0 Å². The molecule has 30 heavy (non-hydrogen) atoms. The van der Waals surface area contributed by atoms with Crippen LogP contribution in [-0.4, -0.2) is 74.6 Å². The lowest BCUT2D eigenvalue weighted by molar-refractivity contribution is -0.910. The Morgan fingerprint density at radius 3 is 2.63 bits per heavy atom. The summed E-state index contributed by atoms with van der Waals surface area (Å²) in [6, 6.07) is 10.9. The fourth-order valence-corrected chi connectivity index (χ4v) is 4.19. The molecule has 2 heterocycles. The molecule has 2 atom stereocenters. The summed E-state index contributed by atoms with van der Waals surface area (Å²) in [6.45, 7) is 5.13. The molecule has 3 amide bonds. The number of benzene rings is 2. The van der Waals surface area contributed by atoms with Crippen LogP contribution >= 0.6 is 0 Å². The van der Waals surface area contributed by atoms with Crippen molar-refractivity contribution in [3.05, 3.63) is 42.0 Å². The topological polar surface area (TPSA) is 92.5 Å². The van der Waals surface area contributed by atoms with Crippen LogP contribution in [0.4, 0.5) is 4.79 Å². The fourth-order valence-electron chi connectivity index (χ4n) is 4.19. The van der Waals surface area contributed by atoms with Crippen LogP contribution < -0.4 is 15.0 Å². The Morgan fingerprint density at radius 2 is 1.90 bits per heavy atom. The molecule has 0 saturated carbocycles. The summed E-state index contributed by atoms with van der Waals surface area (Å²) in [6.07, 6.45) is -0.779. The number of carbonyl (C=O) groups is 2. The van der Waals surface area contributed by atoms with Crippen LogP contribution in [0.1, 0.15) is 12.5 Å². The largest absolute Gasteiger partial charge is 0.497 e. The molecule has 0 aliphatic carbocycles. The molecule has 0 spiro atoms. The van der Waals surface area contributed by atoms with Gasteiger partial charge in [0.1, 0.15) is 37.0 Å². The molecule has 3 N–H and O–H groups in total. The third-order valence-corrected chi connectivity index (χ3v) is 6.02. The molecule has 2 fully saturated rings. The molecule has 0 unspecified atom stereocenters. The number of aliphatic hydroxyl groups excluding tert-OH is 1. The van der Waals surface area contributed by atoms with Crippen molar-refractivity contribution in [2.75, 3.05) is 46.5 Å². The summed E-state index contributed by atoms with van der Waals surface area (Å²) in [5, 5.41) is 15.2. The summed E-state index contributed by atoms with van der Waals surface area (Å²) in [5.74, 6) is 0.408. The van der Waals surface area contributed by atoms with Gasteiger partial charge < -0.3 is 24.8 Å². The molecule has 0 aromatic heterocycles. The van der Waals surface area contributed by atoms with Gasteiger partial charge in [-0.1, -0.05) is 18.2 Å². The predicted molar refractivity (Wildman–Crippen MR) is 110 cm³/mol. The molecule has 160 valence electrons. The van der Waals surface area contributed by atoms with Gasteiger partial charge in [0, 0.05) is 0 Å². The number of quaternary nitrogens is 1. The first kappa shape index (κ1) is 20.6. The molecular weight excluding hydrogens is 386 g/mol. The zero-order valence-corrected chi connectivity index (χ0v) is 17.3. The Morgan fingerprint density at radius 1 is 1.20 bits per heavy atom. The van der Waals surface area contributed by atoms with Gasteiger partial charge in [0.05, 0.1) is 26.9 Å². The Labute approximate surface area is 175 Å². The predicted octanol–water partition coefficient (Wildman–Crippen LogP) is -0.109. The van der Waals surface area contributed by atoms with Crippen LogP contribution in [0, 0.1) is 0 Å². The van der Waals surface area contributed by atoms with Gasteiger partial charge in [0.2, 0.25) is 0 Å². The van der Waals surface area contributed by atoms with Crippen LogP contribution in [0.2, 0.25) is 0 Å². The van der Waals surface area contributed by atoms with E-state index in [1.54, 1.807) is 14.0 Å². The van der Waals surface area contributed by atoms with Gasteiger partial charge in [-0.2, -0.15) is 0 Å². The van der Waals surface area contributed by atoms with Crippen LogP contribution in [0.25, 0.3) is 10.8 Å². The molecule has 2 saturated heterocycles. The van der Waals surface area contributed by atoms with Gasteiger partial charge in [0.25, 0.3) is 5.91 Å². The summed E-state index contributed by atoms with van der Waals surface area (Å²) < 4.78 is 10.6. The molecule has 4 rings (SSSR count). The van der Waals surface area contributed by atoms with Crippen molar-refractivity contribution < 1.29 is 29.1 Å². The summed E-state index contributed by atoms with van der Waals surface area (Å²) >= 11 is 0. The Kier molecular flexibility index (Phi) is 5.64. The second-order valence-corrected chi connectivity index (χ2v) is 8.12. The fraction of sp³-hybridized carbons (Fsp3) is 0.455. The maximum atomic E-state index is 13.2. The third-order valence-electron chi connectivity index (χ3n) is 6.02. The van der Waals surface area contributed by atoms with Crippen molar-refractivity contribution in [2.24, 2.45) is 0 Å². The lowest BCUT2D eigenvalue weighted by Crippen LogP contribution is -3.15. The highest BCUT2D eigenvalue weighted by atomic mass is 16.5. The standard InChI is InChI=1S/C22H27N3O5/c1-22(17-5-3-16-12-19(29-2)6-4-15(16)11-17)20(27)25(21(28)23-22)14-18(26)13-24-7-9-30-10-8-24/h3-6,11-12,18,26H,7-10,13-14H2,1-2H3,(H,23,28)/p+1/t18-,22-/m1/s1. The number of morpholine rings is 1.